The molecular formula is C11H23N3O2. The summed E-state index contributed by atoms with van der Waals surface area (Å²) in [5.41, 5.74) is 5.95. The molecule has 0 amide bonds. The van der Waals surface area contributed by atoms with Gasteiger partial charge in [0.2, 0.25) is 0 Å². The first-order chi connectivity index (χ1) is 7.63. The smallest absolute Gasteiger partial charge is 0.143 e. The molecule has 1 aliphatic carbocycles. The topological polar surface area (TPSA) is 79.9 Å². The van der Waals surface area contributed by atoms with Gasteiger partial charge in [0.1, 0.15) is 5.84 Å². The number of nitrogens with two attached hydrogens (primary N) is 1. The molecule has 5 heteroatoms. The van der Waals surface area contributed by atoms with Crippen LogP contribution in [-0.2, 0) is 4.74 Å². The molecule has 0 bridgehead atoms. The first-order valence-corrected chi connectivity index (χ1v) is 5.80. The number of nitrogens with zero attached hydrogens (tertiary/aromatic N) is 1. The summed E-state index contributed by atoms with van der Waals surface area (Å²) in [5.74, 6) is 0.359. The van der Waals surface area contributed by atoms with Crippen molar-refractivity contribution in [1.29, 1.82) is 0 Å². The summed E-state index contributed by atoms with van der Waals surface area (Å²) in [6, 6.07) is 0. The fourth-order valence-corrected chi connectivity index (χ4v) is 1.77. The van der Waals surface area contributed by atoms with Crippen molar-refractivity contribution in [2.45, 2.75) is 26.2 Å². The van der Waals surface area contributed by atoms with E-state index in [4.69, 9.17) is 15.7 Å². The summed E-state index contributed by atoms with van der Waals surface area (Å²) in [5, 5.41) is 14.9. The lowest BCUT2D eigenvalue weighted by Gasteiger charge is -2.17. The van der Waals surface area contributed by atoms with E-state index in [1.807, 2.05) is 6.92 Å². The first kappa shape index (κ1) is 13.3. The molecule has 0 heterocycles. The summed E-state index contributed by atoms with van der Waals surface area (Å²) < 4.78 is 5.10. The number of nitrogens with one attached hydrogen (secondary N) is 1. The van der Waals surface area contributed by atoms with Crippen LogP contribution < -0.4 is 11.1 Å². The van der Waals surface area contributed by atoms with Crippen LogP contribution in [0.4, 0.5) is 0 Å². The molecule has 0 radical (unpaired) electrons. The zero-order valence-electron chi connectivity index (χ0n) is 10.2. The van der Waals surface area contributed by atoms with E-state index in [0.29, 0.717) is 5.41 Å². The molecule has 1 aliphatic rings. The fourth-order valence-electron chi connectivity index (χ4n) is 1.77. The minimum Gasteiger partial charge on any atom is -0.409 e. The third kappa shape index (κ3) is 3.98. The van der Waals surface area contributed by atoms with Gasteiger partial charge in [0, 0.05) is 32.7 Å². The zero-order valence-corrected chi connectivity index (χ0v) is 10.2. The lowest BCUT2D eigenvalue weighted by atomic mass is 10.0. The number of ether oxygens (including phenoxy) is 1. The Bertz CT molecular complexity index is 239. The molecule has 0 aromatic heterocycles. The Labute approximate surface area is 97.0 Å². The molecule has 94 valence electrons. The van der Waals surface area contributed by atoms with E-state index >= 15 is 0 Å². The highest BCUT2D eigenvalue weighted by Crippen LogP contribution is 2.48. The van der Waals surface area contributed by atoms with Gasteiger partial charge in [-0.1, -0.05) is 12.1 Å². The Morgan fingerprint density at radius 1 is 1.62 bits per heavy atom. The summed E-state index contributed by atoms with van der Waals surface area (Å²) in [6.07, 6.45) is 3.68. The number of methoxy groups -OCH3 is 1. The predicted octanol–water partition coefficient (Wildman–Crippen LogP) is 0.775. The third-order valence-corrected chi connectivity index (χ3v) is 3.36. The third-order valence-electron chi connectivity index (χ3n) is 3.36. The van der Waals surface area contributed by atoms with Gasteiger partial charge in [-0.25, -0.2) is 0 Å². The molecule has 1 fully saturated rings. The average molecular weight is 229 g/mol. The molecule has 0 aromatic rings. The van der Waals surface area contributed by atoms with E-state index in [9.17, 15) is 0 Å². The molecule has 1 unspecified atom stereocenters. The summed E-state index contributed by atoms with van der Waals surface area (Å²) in [4.78, 5) is 0. The van der Waals surface area contributed by atoms with Gasteiger partial charge in [0.25, 0.3) is 0 Å². The SMILES string of the molecule is COCCC1(CNCC(C)C(N)=NO)CC1. The van der Waals surface area contributed by atoms with Gasteiger partial charge < -0.3 is 21.0 Å². The maximum absolute atomic E-state index is 8.51. The van der Waals surface area contributed by atoms with E-state index in [-0.39, 0.29) is 11.8 Å². The Morgan fingerprint density at radius 3 is 2.81 bits per heavy atom. The van der Waals surface area contributed by atoms with Crippen LogP contribution in [0, 0.1) is 11.3 Å². The second-order valence-electron chi connectivity index (χ2n) is 4.80. The summed E-state index contributed by atoms with van der Waals surface area (Å²) in [6.45, 7) is 4.53. The molecule has 1 saturated carbocycles. The Morgan fingerprint density at radius 2 is 2.31 bits per heavy atom. The van der Waals surface area contributed by atoms with Crippen LogP contribution in [0.3, 0.4) is 0 Å². The van der Waals surface area contributed by atoms with Crippen LogP contribution in [0.15, 0.2) is 5.16 Å². The second kappa shape index (κ2) is 6.06. The second-order valence-corrected chi connectivity index (χ2v) is 4.80. The van der Waals surface area contributed by atoms with Crippen molar-refractivity contribution in [3.05, 3.63) is 0 Å². The molecular weight excluding hydrogens is 206 g/mol. The van der Waals surface area contributed by atoms with E-state index in [1.54, 1.807) is 7.11 Å². The van der Waals surface area contributed by atoms with Crippen LogP contribution in [0.2, 0.25) is 0 Å². The first-order valence-electron chi connectivity index (χ1n) is 5.80. The van der Waals surface area contributed by atoms with Crippen LogP contribution in [-0.4, -0.2) is 37.8 Å². The molecule has 0 spiro atoms. The van der Waals surface area contributed by atoms with Crippen molar-refractivity contribution >= 4 is 5.84 Å². The number of hydrogen-bond acceptors (Lipinski definition) is 4. The normalized spacial score (nSPS) is 20.8. The molecule has 5 nitrogen and oxygen atoms in total. The number of rotatable bonds is 8. The predicted molar refractivity (Wildman–Crippen MR) is 63.6 cm³/mol. The van der Waals surface area contributed by atoms with Crippen molar-refractivity contribution in [2.75, 3.05) is 26.8 Å². The molecule has 1 atom stereocenters. The number of hydrogen-bond donors (Lipinski definition) is 3. The summed E-state index contributed by atoms with van der Waals surface area (Å²) in [7, 11) is 1.74. The van der Waals surface area contributed by atoms with Gasteiger partial charge in [-0.05, 0) is 24.7 Å². The highest BCUT2D eigenvalue weighted by molar-refractivity contribution is 5.82. The Balaban J connectivity index is 2.15. The van der Waals surface area contributed by atoms with Gasteiger partial charge in [0.05, 0.1) is 0 Å². The zero-order chi connectivity index (χ0) is 12.0. The van der Waals surface area contributed by atoms with E-state index in [0.717, 1.165) is 26.1 Å². The van der Waals surface area contributed by atoms with Crippen molar-refractivity contribution in [3.63, 3.8) is 0 Å². The maximum atomic E-state index is 8.51. The molecule has 0 aromatic carbocycles. The quantitative estimate of drug-likeness (QED) is 0.249. The summed E-state index contributed by atoms with van der Waals surface area (Å²) >= 11 is 0. The van der Waals surface area contributed by atoms with Crippen molar-refractivity contribution in [2.24, 2.45) is 22.2 Å². The molecule has 0 saturated heterocycles. The number of amidine groups is 1. The molecule has 0 aliphatic heterocycles. The van der Waals surface area contributed by atoms with Crippen LogP contribution >= 0.6 is 0 Å². The van der Waals surface area contributed by atoms with Crippen molar-refractivity contribution in [3.8, 4) is 0 Å². The van der Waals surface area contributed by atoms with E-state index in [2.05, 4.69) is 10.5 Å². The largest absolute Gasteiger partial charge is 0.409 e. The average Bonchev–Trinajstić information content (AvgIpc) is 3.05. The highest BCUT2D eigenvalue weighted by atomic mass is 16.5. The Hall–Kier alpha value is -0.810. The van der Waals surface area contributed by atoms with E-state index < -0.39 is 0 Å². The van der Waals surface area contributed by atoms with Crippen molar-refractivity contribution in [1.82, 2.24) is 5.32 Å². The highest BCUT2D eigenvalue weighted by Gasteiger charge is 2.41. The standard InChI is InChI=1S/C11H23N3O2/c1-9(10(12)14-15)7-13-8-11(3-4-11)5-6-16-2/h9,13,15H,3-8H2,1-2H3,(H2,12,14). The van der Waals surface area contributed by atoms with Crippen LogP contribution in [0.1, 0.15) is 26.2 Å². The van der Waals surface area contributed by atoms with Gasteiger partial charge >= 0.3 is 0 Å². The van der Waals surface area contributed by atoms with Crippen LogP contribution in [0.25, 0.3) is 0 Å². The van der Waals surface area contributed by atoms with E-state index in [1.165, 1.54) is 12.8 Å². The molecule has 4 N–H and O–H groups in total. The van der Waals surface area contributed by atoms with Gasteiger partial charge in [-0.2, -0.15) is 0 Å². The lowest BCUT2D eigenvalue weighted by molar-refractivity contribution is 0.171. The molecule has 1 rings (SSSR count). The minimum absolute atomic E-state index is 0.0724. The van der Waals surface area contributed by atoms with Gasteiger partial charge in [0.15, 0.2) is 0 Å². The van der Waals surface area contributed by atoms with Gasteiger partial charge in [-0.3, -0.25) is 0 Å². The lowest BCUT2D eigenvalue weighted by Crippen LogP contribution is -2.34. The van der Waals surface area contributed by atoms with Crippen LogP contribution in [0.5, 0.6) is 0 Å². The molecule has 16 heavy (non-hydrogen) atoms. The van der Waals surface area contributed by atoms with Crippen molar-refractivity contribution < 1.29 is 9.94 Å². The fraction of sp³-hybridized carbons (Fsp3) is 0.909. The minimum atomic E-state index is 0.0724. The number of oxime groups is 1. The maximum Gasteiger partial charge on any atom is 0.143 e. The Kier molecular flexibility index (Phi) is 5.02. The van der Waals surface area contributed by atoms with Gasteiger partial charge in [-0.15, -0.1) is 0 Å². The monoisotopic (exact) mass is 229 g/mol.